The van der Waals surface area contributed by atoms with E-state index >= 15 is 0 Å². The second-order valence-corrected chi connectivity index (χ2v) is 26.3. The molecule has 596 valence electrons. The number of carboxylic acid groups (broad SMARTS) is 4. The van der Waals surface area contributed by atoms with Gasteiger partial charge in [0.2, 0.25) is 0 Å². The zero-order chi connectivity index (χ0) is 78.2. The number of pyridine rings is 4. The third-order valence-electron chi connectivity index (χ3n) is 18.1. The lowest BCUT2D eigenvalue weighted by molar-refractivity contribution is 0.00331. The number of isothiocyanates is 1. The first-order chi connectivity index (χ1) is 53.7. The molecule has 2 saturated heterocycles. The van der Waals surface area contributed by atoms with Crippen LogP contribution in [0.15, 0.2) is 139 Å². The van der Waals surface area contributed by atoms with E-state index in [0.29, 0.717) is 194 Å². The molecular formula is C81H110N12O16S. The molecule has 2 aliphatic rings. The number of carboxylic acids is 4. The Balaban J connectivity index is 0.000000306. The Morgan fingerprint density at radius 3 is 1.05 bits per heavy atom. The quantitative estimate of drug-likeness (QED) is 0.0121. The molecule has 28 nitrogen and oxygen atoms in total. The predicted molar refractivity (Wildman–Crippen MR) is 422 cm³/mol. The van der Waals surface area contributed by atoms with Crippen molar-refractivity contribution in [3.05, 3.63) is 202 Å². The molecular weight excluding hydrogens is 1430 g/mol. The fraction of sp³-hybridized carbons (Fsp3) is 0.494. The molecule has 6 heterocycles. The second-order valence-electron chi connectivity index (χ2n) is 26.1. The van der Waals surface area contributed by atoms with Crippen LogP contribution in [0.5, 0.6) is 0 Å². The van der Waals surface area contributed by atoms with Gasteiger partial charge in [0.15, 0.2) is 0 Å². The summed E-state index contributed by atoms with van der Waals surface area (Å²) < 4.78 is 47.7. The summed E-state index contributed by atoms with van der Waals surface area (Å²) in [5.41, 5.74) is 13.6. The van der Waals surface area contributed by atoms with E-state index in [4.69, 9.17) is 43.6 Å². The first-order valence-electron chi connectivity index (χ1n) is 37.8. The van der Waals surface area contributed by atoms with Crippen LogP contribution >= 0.6 is 12.2 Å². The number of nitrogens with zero attached hydrogens (tertiary/aromatic N) is 9. The van der Waals surface area contributed by atoms with E-state index in [9.17, 15) is 39.6 Å². The van der Waals surface area contributed by atoms with Gasteiger partial charge < -0.3 is 74.7 Å². The number of aliphatic imine (C=N–C) groups is 1. The summed E-state index contributed by atoms with van der Waals surface area (Å²) in [5.74, 6) is -4.30. The smallest absolute Gasteiger partial charge is 0.354 e. The van der Waals surface area contributed by atoms with Crippen molar-refractivity contribution in [3.8, 4) is 0 Å². The van der Waals surface area contributed by atoms with Gasteiger partial charge in [0.05, 0.1) is 146 Å². The molecule has 2 aliphatic heterocycles. The summed E-state index contributed by atoms with van der Waals surface area (Å²) in [6.07, 6.45) is 8.53. The molecule has 0 bridgehead atoms. The number of rotatable bonds is 31. The van der Waals surface area contributed by atoms with Gasteiger partial charge in [-0.3, -0.25) is 19.6 Å². The number of hydrogen-bond donors (Lipinski definition) is 7. The highest BCUT2D eigenvalue weighted by molar-refractivity contribution is 7.78. The van der Waals surface area contributed by atoms with E-state index in [0.717, 1.165) is 111 Å². The van der Waals surface area contributed by atoms with Crippen molar-refractivity contribution in [3.63, 3.8) is 0 Å². The van der Waals surface area contributed by atoms with Crippen molar-refractivity contribution in [2.75, 3.05) is 184 Å². The number of nitrogens with two attached hydrogens (primary N) is 1. The molecule has 0 radical (unpaired) electrons. The summed E-state index contributed by atoms with van der Waals surface area (Å²) in [4.78, 5) is 76.9. The van der Waals surface area contributed by atoms with E-state index in [-0.39, 0.29) is 34.9 Å². The third kappa shape index (κ3) is 33.5. The molecule has 8 N–H and O–H groups in total. The molecule has 8 rings (SSSR count). The van der Waals surface area contributed by atoms with Crippen LogP contribution in [0.2, 0.25) is 0 Å². The molecule has 2 atom stereocenters. The maximum absolute atomic E-state index is 12.0. The summed E-state index contributed by atoms with van der Waals surface area (Å²) in [7, 11) is 0. The Kier molecular flexibility index (Phi) is 42.2. The van der Waals surface area contributed by atoms with Crippen LogP contribution in [0.25, 0.3) is 11.4 Å². The van der Waals surface area contributed by atoms with Crippen molar-refractivity contribution in [1.82, 2.24) is 50.2 Å². The molecule has 2 fully saturated rings. The number of hydrogen-bond acceptors (Lipinski definition) is 25. The molecule has 2 unspecified atom stereocenters. The molecule has 29 heteroatoms. The Labute approximate surface area is 651 Å². The zero-order valence-electron chi connectivity index (χ0n) is 63.2. The van der Waals surface area contributed by atoms with Gasteiger partial charge >= 0.3 is 23.9 Å². The largest absolute Gasteiger partial charge is 0.477 e. The van der Waals surface area contributed by atoms with E-state index in [1.54, 1.807) is 24.3 Å². The van der Waals surface area contributed by atoms with Crippen LogP contribution in [0.4, 0.5) is 0 Å². The van der Waals surface area contributed by atoms with Gasteiger partial charge in [0.1, 0.15) is 22.8 Å². The maximum Gasteiger partial charge on any atom is 0.354 e. The number of ether oxygens (including phenoxy) is 8. The highest BCUT2D eigenvalue weighted by atomic mass is 32.1. The highest BCUT2D eigenvalue weighted by Crippen LogP contribution is 2.31. The normalized spacial score (nSPS) is 16.6. The molecule has 0 amide bonds. The van der Waals surface area contributed by atoms with Gasteiger partial charge in [-0.05, 0) is 115 Å². The van der Waals surface area contributed by atoms with E-state index in [1.165, 1.54) is 24.3 Å². The summed E-state index contributed by atoms with van der Waals surface area (Å²) in [6, 6.07) is 35.6. The number of thiocarbonyl (C=S) groups is 1. The van der Waals surface area contributed by atoms with Gasteiger partial charge in [-0.25, -0.2) is 44.1 Å². The average Bonchev–Trinajstić information content (AvgIpc) is 0.810. The average molecular weight is 1540 g/mol. The third-order valence-corrected chi connectivity index (χ3v) is 18.2. The summed E-state index contributed by atoms with van der Waals surface area (Å²) in [6.45, 7) is 23.6. The fourth-order valence-electron chi connectivity index (χ4n) is 12.2. The lowest BCUT2D eigenvalue weighted by Crippen LogP contribution is -2.36. The fourth-order valence-corrected chi connectivity index (χ4v) is 12.3. The van der Waals surface area contributed by atoms with E-state index in [2.05, 4.69) is 85.7 Å². The molecule has 110 heavy (non-hydrogen) atoms. The summed E-state index contributed by atoms with van der Waals surface area (Å²) >= 11 is 4.62. The van der Waals surface area contributed by atoms with Crippen molar-refractivity contribution < 1.29 is 77.5 Å². The lowest BCUT2D eigenvalue weighted by atomic mass is 9.98. The van der Waals surface area contributed by atoms with Crippen molar-refractivity contribution in [2.45, 2.75) is 76.5 Å². The Bertz CT molecular complexity index is 3720. The molecule has 0 spiro atoms. The van der Waals surface area contributed by atoms with Crippen LogP contribution in [0.1, 0.15) is 150 Å². The Hall–Kier alpha value is -8.72. The number of benzene rings is 2. The number of unbranched alkanes of at least 4 members (excludes halogenated alkanes) is 6. The number of aromatic carboxylic acids is 4. The minimum Gasteiger partial charge on any atom is -0.477 e. The monoisotopic (exact) mass is 1540 g/mol. The van der Waals surface area contributed by atoms with Crippen molar-refractivity contribution in [1.29, 1.82) is 0 Å². The van der Waals surface area contributed by atoms with Crippen molar-refractivity contribution >= 4 is 52.7 Å². The zero-order valence-corrected chi connectivity index (χ0v) is 64.0. The highest BCUT2D eigenvalue weighted by Gasteiger charge is 2.28. The van der Waals surface area contributed by atoms with E-state index in [1.807, 2.05) is 72.8 Å². The van der Waals surface area contributed by atoms with Gasteiger partial charge in [0.25, 0.3) is 0 Å². The SMILES string of the molecule is C=C(NCCCCCCN)c1ccc(C(c2cccc(C(=O)O)n2)N2CCOCCOCCN(Cc3cccc(C(=O)O)n3)CCOCCOCC2)cc1.C=C(NCCCCCCN=C=S)c1ccc(C(c2cccc(C(=O)O)n2)N2CCOCCOCCN(Cc3cccc(C(=O)O)n3)CCOCCOCC2)cc1. The number of aromatic nitrogens is 4. The molecule has 2 aromatic carbocycles. The van der Waals surface area contributed by atoms with Gasteiger partial charge in [-0.1, -0.05) is 112 Å². The van der Waals surface area contributed by atoms with Crippen LogP contribution in [-0.4, -0.2) is 273 Å². The molecule has 0 aliphatic carbocycles. The molecule has 4 aromatic heterocycles. The standard InChI is InChI=1S/C41H54N6O8S.C40H56N6O8/c1-32(43-17-5-3-2-4-16-42-31-56)33-12-14-34(15-13-33)39(36-9-7-11-38(45-36)41(50)51)47-20-24-54-28-26-52-22-18-46(19-23-53-27-29-55-25-21-47)30-35-8-6-10-37(44-35)40(48)49;1-31(42-17-5-3-2-4-16-41)32-12-14-33(15-13-32)38(35-9-7-11-37(44-35)40(49)50)46-20-24-53-28-26-51-22-18-45(19-23-52-27-29-54-25-21-46)30-34-8-6-10-36(43-34)39(47)48/h6-15,39,43H,1-5,16-30H2,(H,48,49)(H,50,51);6-15,38,42H,1-5,16-30,41H2,(H,47,48)(H,49,50). The second kappa shape index (κ2) is 52.4. The topological polar surface area (TPSA) is 350 Å². The summed E-state index contributed by atoms with van der Waals surface area (Å²) in [5, 5.41) is 47.5. The van der Waals surface area contributed by atoms with Gasteiger partial charge in [-0.2, -0.15) is 0 Å². The van der Waals surface area contributed by atoms with E-state index < -0.39 is 23.9 Å². The minimum atomic E-state index is -1.09. The van der Waals surface area contributed by atoms with Crippen LogP contribution in [-0.2, 0) is 51.0 Å². The van der Waals surface area contributed by atoms with Gasteiger partial charge in [0, 0.05) is 96.5 Å². The van der Waals surface area contributed by atoms with Gasteiger partial charge in [-0.15, -0.1) is 0 Å². The Morgan fingerprint density at radius 1 is 0.418 bits per heavy atom. The van der Waals surface area contributed by atoms with Crippen LogP contribution < -0.4 is 16.4 Å². The van der Waals surface area contributed by atoms with Crippen molar-refractivity contribution in [2.24, 2.45) is 10.7 Å². The van der Waals surface area contributed by atoms with Crippen LogP contribution in [0.3, 0.4) is 0 Å². The molecule has 6 aromatic rings. The lowest BCUT2D eigenvalue weighted by Gasteiger charge is -2.32. The first kappa shape index (κ1) is 88.5. The predicted octanol–water partition coefficient (Wildman–Crippen LogP) is 9.00. The number of nitrogens with one attached hydrogen (secondary N) is 2. The first-order valence-corrected chi connectivity index (χ1v) is 38.3. The maximum atomic E-state index is 12.0. The number of carbonyl (C=O) groups is 4. The Morgan fingerprint density at radius 2 is 0.727 bits per heavy atom. The minimum absolute atomic E-state index is 0.0107. The molecule has 0 saturated carbocycles. The van der Waals surface area contributed by atoms with Crippen LogP contribution in [0, 0.1) is 0 Å².